The molecular weight excluding hydrogens is 374 g/mol. The molecule has 12 heteroatoms. The molecule has 0 aromatic carbocycles. The van der Waals surface area contributed by atoms with Gasteiger partial charge in [-0.3, -0.25) is 9.88 Å². The van der Waals surface area contributed by atoms with E-state index in [-0.39, 0.29) is 24.4 Å². The van der Waals surface area contributed by atoms with Crippen molar-refractivity contribution in [1.82, 2.24) is 14.5 Å². The molecule has 152 valence electrons. The van der Waals surface area contributed by atoms with Crippen LogP contribution in [0.4, 0.5) is 5.82 Å². The normalized spacial score (nSPS) is 37.6. The van der Waals surface area contributed by atoms with Crippen LogP contribution in [0.1, 0.15) is 26.5 Å². The van der Waals surface area contributed by atoms with Crippen molar-refractivity contribution >= 4 is 23.0 Å². The summed E-state index contributed by atoms with van der Waals surface area (Å²) >= 11 is 0. The van der Waals surface area contributed by atoms with Crippen molar-refractivity contribution in [2.24, 2.45) is 0 Å². The summed E-state index contributed by atoms with van der Waals surface area (Å²) in [6.07, 6.45) is -0.942. The van der Waals surface area contributed by atoms with Crippen LogP contribution in [0.2, 0.25) is 0 Å². The zero-order valence-corrected chi connectivity index (χ0v) is 15.2. The first-order chi connectivity index (χ1) is 13.1. The maximum Gasteiger partial charge on any atom is 0.346 e. The molecule has 4 rings (SSSR count). The first kappa shape index (κ1) is 19.0. The Morgan fingerprint density at radius 3 is 2.75 bits per heavy atom. The highest BCUT2D eigenvalue weighted by Crippen LogP contribution is 2.35. The number of fused-ring (bicyclic) bond motifs is 3. The molecule has 6 atom stereocenters. The minimum atomic E-state index is -1.96. The Balaban J connectivity index is 1.84. The van der Waals surface area contributed by atoms with Crippen LogP contribution >= 0.6 is 0 Å². The number of imidazole rings is 1. The number of aromatic nitrogens is 4. The average Bonchev–Trinajstić information content (AvgIpc) is 3.23. The van der Waals surface area contributed by atoms with Gasteiger partial charge in [0.05, 0.1) is 12.7 Å². The van der Waals surface area contributed by atoms with E-state index in [1.54, 1.807) is 4.57 Å². The highest BCUT2D eigenvalue weighted by atomic mass is 16.5. The predicted octanol–water partition coefficient (Wildman–Crippen LogP) is -2.35. The largest absolute Gasteiger partial charge is 0.478 e. The zero-order valence-electron chi connectivity index (χ0n) is 15.2. The fourth-order valence-corrected chi connectivity index (χ4v) is 3.82. The van der Waals surface area contributed by atoms with E-state index in [4.69, 9.17) is 4.74 Å². The summed E-state index contributed by atoms with van der Waals surface area (Å²) in [6.45, 7) is 2.22. The average molecular weight is 396 g/mol. The van der Waals surface area contributed by atoms with Crippen LogP contribution in [0, 0.1) is 0 Å². The fraction of sp³-hybridized carbons (Fsp3) is 0.625. The molecule has 6 N–H and O–H groups in total. The van der Waals surface area contributed by atoms with Crippen molar-refractivity contribution < 1.29 is 39.6 Å². The molecule has 1 fully saturated rings. The maximum absolute atomic E-state index is 11.8. The molecule has 0 spiro atoms. The SMILES string of the molecule is CC1(C(=O)O)Nc2c3ncn([C@H]4CC(O)[C@@H](CO)O4)c3nc[n+]2C(C)(O)C1O. The Morgan fingerprint density at radius 2 is 2.14 bits per heavy atom. The summed E-state index contributed by atoms with van der Waals surface area (Å²) < 4.78 is 8.42. The van der Waals surface area contributed by atoms with Crippen LogP contribution in [-0.4, -0.2) is 76.5 Å². The number of carbonyl (C=O) groups is 1. The second-order valence-corrected chi connectivity index (χ2v) is 7.53. The standard InChI is InChI=1S/C16H21N5O7/c1-15(14(25)26)13(24)16(2,27)21-6-18-11-10(12(21)19-15)17-5-20(11)9-3-7(23)8(4-22)28-9/h5-9,13,22-24,27H,3-4H2,1-2H3,(H,25,26)/p+1/t7?,8-,9-,13?,15?,16?/m1/s1. The lowest BCUT2D eigenvalue weighted by Gasteiger charge is -2.41. The number of aliphatic hydroxyl groups is 4. The van der Waals surface area contributed by atoms with Crippen molar-refractivity contribution in [2.45, 2.75) is 56.1 Å². The van der Waals surface area contributed by atoms with Gasteiger partial charge >= 0.3 is 5.97 Å². The maximum atomic E-state index is 11.8. The Hall–Kier alpha value is -2.38. The number of nitrogens with one attached hydrogen (secondary N) is 1. The predicted molar refractivity (Wildman–Crippen MR) is 90.9 cm³/mol. The Bertz CT molecular complexity index is 947. The minimum Gasteiger partial charge on any atom is -0.478 e. The molecule has 4 unspecified atom stereocenters. The number of hydrogen-bond acceptors (Lipinski definition) is 9. The van der Waals surface area contributed by atoms with Gasteiger partial charge < -0.3 is 30.3 Å². The van der Waals surface area contributed by atoms with Gasteiger partial charge in [-0.15, -0.1) is 0 Å². The van der Waals surface area contributed by atoms with Crippen molar-refractivity contribution in [3.05, 3.63) is 12.7 Å². The molecule has 0 bridgehead atoms. The first-order valence-corrected chi connectivity index (χ1v) is 8.75. The molecule has 2 aliphatic rings. The summed E-state index contributed by atoms with van der Waals surface area (Å²) in [5.41, 5.74) is -3.24. The first-order valence-electron chi connectivity index (χ1n) is 8.75. The smallest absolute Gasteiger partial charge is 0.346 e. The summed E-state index contributed by atoms with van der Waals surface area (Å²) in [6, 6.07) is 0. The van der Waals surface area contributed by atoms with Crippen LogP contribution in [-0.2, 0) is 15.3 Å². The summed E-state index contributed by atoms with van der Waals surface area (Å²) in [5.74, 6) is -1.18. The molecular formula is C16H22N5O7+. The second-order valence-electron chi connectivity index (χ2n) is 7.53. The highest BCUT2D eigenvalue weighted by molar-refractivity contribution is 5.88. The Morgan fingerprint density at radius 1 is 1.43 bits per heavy atom. The van der Waals surface area contributed by atoms with E-state index in [1.807, 2.05) is 0 Å². The van der Waals surface area contributed by atoms with Crippen LogP contribution in [0.25, 0.3) is 11.2 Å². The third-order valence-electron chi connectivity index (χ3n) is 5.60. The van der Waals surface area contributed by atoms with Crippen LogP contribution in [0.3, 0.4) is 0 Å². The van der Waals surface area contributed by atoms with Crippen LogP contribution in [0.15, 0.2) is 12.7 Å². The van der Waals surface area contributed by atoms with E-state index < -0.39 is 41.8 Å². The molecule has 4 heterocycles. The second kappa shape index (κ2) is 6.06. The molecule has 2 aromatic heterocycles. The minimum absolute atomic E-state index is 0.168. The van der Waals surface area contributed by atoms with E-state index in [1.165, 1.54) is 31.1 Å². The number of aliphatic carboxylic acids is 1. The Labute approximate surface area is 158 Å². The van der Waals surface area contributed by atoms with E-state index in [2.05, 4.69) is 15.3 Å². The number of carboxylic acid groups (broad SMARTS) is 1. The number of ether oxygens (including phenoxy) is 1. The van der Waals surface area contributed by atoms with Gasteiger partial charge in [-0.1, -0.05) is 4.98 Å². The molecule has 28 heavy (non-hydrogen) atoms. The van der Waals surface area contributed by atoms with Crippen molar-refractivity contribution in [3.8, 4) is 0 Å². The topological polar surface area (TPSA) is 174 Å². The number of hydrogen-bond donors (Lipinski definition) is 6. The van der Waals surface area contributed by atoms with E-state index >= 15 is 0 Å². The molecule has 1 saturated heterocycles. The molecule has 2 aliphatic heterocycles. The van der Waals surface area contributed by atoms with Crippen LogP contribution in [0.5, 0.6) is 0 Å². The quantitative estimate of drug-likeness (QED) is 0.308. The molecule has 0 saturated carbocycles. The third kappa shape index (κ3) is 2.42. The van der Waals surface area contributed by atoms with Gasteiger partial charge in [-0.05, 0) is 6.92 Å². The van der Waals surface area contributed by atoms with Gasteiger partial charge in [0.1, 0.15) is 18.7 Å². The summed E-state index contributed by atoms with van der Waals surface area (Å²) in [7, 11) is 0. The highest BCUT2D eigenvalue weighted by Gasteiger charge is 2.59. The van der Waals surface area contributed by atoms with Crippen LogP contribution < -0.4 is 9.88 Å². The molecule has 0 radical (unpaired) electrons. The zero-order chi connectivity index (χ0) is 20.4. The lowest BCUT2D eigenvalue weighted by atomic mass is 9.85. The van der Waals surface area contributed by atoms with Gasteiger partial charge in [0.15, 0.2) is 11.6 Å². The van der Waals surface area contributed by atoms with Gasteiger partial charge in [0, 0.05) is 13.3 Å². The van der Waals surface area contributed by atoms with Gasteiger partial charge in [0.2, 0.25) is 23.2 Å². The number of nitrogens with zero attached hydrogens (tertiary/aromatic N) is 4. The Kier molecular flexibility index (Phi) is 4.10. The molecule has 12 nitrogen and oxygen atoms in total. The monoisotopic (exact) mass is 396 g/mol. The summed E-state index contributed by atoms with van der Waals surface area (Å²) in [5, 5.41) is 52.9. The fourth-order valence-electron chi connectivity index (χ4n) is 3.82. The number of anilines is 1. The summed E-state index contributed by atoms with van der Waals surface area (Å²) in [4.78, 5) is 20.3. The lowest BCUT2D eigenvalue weighted by molar-refractivity contribution is -0.807. The molecule has 0 amide bonds. The van der Waals surface area contributed by atoms with Crippen molar-refractivity contribution in [1.29, 1.82) is 0 Å². The van der Waals surface area contributed by atoms with Gasteiger partial charge in [0.25, 0.3) is 5.82 Å². The number of rotatable bonds is 3. The van der Waals surface area contributed by atoms with Crippen molar-refractivity contribution in [2.75, 3.05) is 11.9 Å². The molecule has 2 aromatic rings. The molecule has 0 aliphatic carbocycles. The number of aliphatic hydroxyl groups excluding tert-OH is 3. The van der Waals surface area contributed by atoms with Gasteiger partial charge in [-0.2, -0.15) is 0 Å². The van der Waals surface area contributed by atoms with Gasteiger partial charge in [-0.25, -0.2) is 14.3 Å². The third-order valence-corrected chi connectivity index (χ3v) is 5.60. The lowest BCUT2D eigenvalue weighted by Crippen LogP contribution is -2.75. The van der Waals surface area contributed by atoms with E-state index in [9.17, 15) is 30.3 Å². The van der Waals surface area contributed by atoms with Crippen molar-refractivity contribution in [3.63, 3.8) is 0 Å². The van der Waals surface area contributed by atoms with E-state index in [0.29, 0.717) is 5.65 Å². The number of carboxylic acids is 1. The van der Waals surface area contributed by atoms with E-state index in [0.717, 1.165) is 0 Å².